The average Bonchev–Trinajstić information content (AvgIpc) is 2.91. The first-order valence-corrected chi connectivity index (χ1v) is 7.63. The van der Waals surface area contributed by atoms with E-state index in [1.165, 1.54) is 23.5 Å². The van der Waals surface area contributed by atoms with E-state index in [-0.39, 0.29) is 18.0 Å². The lowest BCUT2D eigenvalue weighted by Gasteiger charge is -2.00. The van der Waals surface area contributed by atoms with Crippen molar-refractivity contribution in [2.24, 2.45) is 0 Å². The summed E-state index contributed by atoms with van der Waals surface area (Å²) in [7, 11) is 0. The van der Waals surface area contributed by atoms with Gasteiger partial charge in [-0.1, -0.05) is 19.1 Å². The van der Waals surface area contributed by atoms with Crippen molar-refractivity contribution in [1.82, 2.24) is 4.98 Å². The number of rotatable bonds is 4. The zero-order valence-electron chi connectivity index (χ0n) is 11.6. The fourth-order valence-corrected chi connectivity index (χ4v) is 3.19. The number of halogens is 1. The van der Waals surface area contributed by atoms with Crippen molar-refractivity contribution in [2.75, 3.05) is 0 Å². The molecule has 2 aromatic heterocycles. The third-order valence-electron chi connectivity index (χ3n) is 3.39. The summed E-state index contributed by atoms with van der Waals surface area (Å²) >= 11 is 1.33. The summed E-state index contributed by atoms with van der Waals surface area (Å²) in [6, 6.07) is 10.3. The van der Waals surface area contributed by atoms with Crippen molar-refractivity contribution in [3.05, 3.63) is 64.5 Å². The molecule has 0 aliphatic carbocycles. The molecule has 0 N–H and O–H groups in total. The molecule has 3 aromatic rings. The third kappa shape index (κ3) is 3.00. The molecule has 1 aromatic carbocycles. The van der Waals surface area contributed by atoms with E-state index in [1.54, 1.807) is 6.07 Å². The predicted molar refractivity (Wildman–Crippen MR) is 83.4 cm³/mol. The second-order valence-corrected chi connectivity index (χ2v) is 5.99. The molecule has 0 fully saturated rings. The monoisotopic (exact) mass is 299 g/mol. The van der Waals surface area contributed by atoms with Crippen LogP contribution in [0.1, 0.15) is 27.9 Å². The maximum Gasteiger partial charge on any atom is 0.178 e. The molecule has 0 radical (unpaired) electrons. The minimum absolute atomic E-state index is 0.0216. The molecule has 0 aliphatic rings. The largest absolute Gasteiger partial charge is 0.293 e. The van der Waals surface area contributed by atoms with Crippen LogP contribution < -0.4 is 0 Å². The van der Waals surface area contributed by atoms with E-state index >= 15 is 0 Å². The van der Waals surface area contributed by atoms with Crippen LogP contribution in [0, 0.1) is 5.82 Å². The van der Waals surface area contributed by atoms with Crippen LogP contribution in [-0.4, -0.2) is 10.8 Å². The highest BCUT2D eigenvalue weighted by atomic mass is 32.1. The van der Waals surface area contributed by atoms with E-state index < -0.39 is 0 Å². The Hall–Kier alpha value is -2.07. The van der Waals surface area contributed by atoms with Gasteiger partial charge in [0.05, 0.1) is 11.3 Å². The summed E-state index contributed by atoms with van der Waals surface area (Å²) in [5.41, 5.74) is 1.92. The lowest BCUT2D eigenvalue weighted by Crippen LogP contribution is -2.03. The van der Waals surface area contributed by atoms with Crippen LogP contribution in [0.2, 0.25) is 0 Å². The van der Waals surface area contributed by atoms with Gasteiger partial charge in [0.15, 0.2) is 5.78 Å². The number of hydrogen-bond acceptors (Lipinski definition) is 3. The molecular formula is C17H14FNOS. The molecule has 0 saturated carbocycles. The normalized spacial score (nSPS) is 11.0. The Morgan fingerprint density at radius 1 is 1.24 bits per heavy atom. The minimum atomic E-state index is -0.278. The molecule has 3 rings (SSSR count). The van der Waals surface area contributed by atoms with E-state index in [0.29, 0.717) is 4.88 Å². The summed E-state index contributed by atoms with van der Waals surface area (Å²) in [6.07, 6.45) is 3.02. The van der Waals surface area contributed by atoms with Gasteiger partial charge >= 0.3 is 0 Å². The Morgan fingerprint density at radius 2 is 2.10 bits per heavy atom. The van der Waals surface area contributed by atoms with Crippen LogP contribution in [0.15, 0.2) is 42.6 Å². The molecule has 0 spiro atoms. The third-order valence-corrected chi connectivity index (χ3v) is 4.53. The number of fused-ring (bicyclic) bond motifs is 1. The van der Waals surface area contributed by atoms with Gasteiger partial charge < -0.3 is 0 Å². The van der Waals surface area contributed by atoms with Crippen LogP contribution in [0.3, 0.4) is 0 Å². The van der Waals surface area contributed by atoms with Gasteiger partial charge in [0, 0.05) is 16.6 Å². The number of pyridine rings is 1. The summed E-state index contributed by atoms with van der Waals surface area (Å²) in [5.74, 6) is -0.256. The number of aryl methyl sites for hydroxylation is 1. The number of carbonyl (C=O) groups excluding carboxylic acids is 1. The van der Waals surface area contributed by atoms with Crippen molar-refractivity contribution in [1.29, 1.82) is 0 Å². The molecule has 21 heavy (non-hydrogen) atoms. The molecule has 0 unspecified atom stereocenters. The maximum absolute atomic E-state index is 13.2. The Kier molecular flexibility index (Phi) is 3.80. The summed E-state index contributed by atoms with van der Waals surface area (Å²) in [5, 5.41) is 0.902. The lowest BCUT2D eigenvalue weighted by molar-refractivity contribution is 0.0996. The Morgan fingerprint density at radius 3 is 2.81 bits per heavy atom. The van der Waals surface area contributed by atoms with Gasteiger partial charge in [0.2, 0.25) is 0 Å². The number of hydrogen-bond donors (Lipinski definition) is 0. The minimum Gasteiger partial charge on any atom is -0.293 e. The first kappa shape index (κ1) is 13.9. The van der Waals surface area contributed by atoms with Crippen LogP contribution in [0.25, 0.3) is 10.1 Å². The van der Waals surface area contributed by atoms with E-state index in [1.807, 2.05) is 24.4 Å². The summed E-state index contributed by atoms with van der Waals surface area (Å²) < 4.78 is 14.0. The van der Waals surface area contributed by atoms with Crippen molar-refractivity contribution in [3.63, 3.8) is 0 Å². The number of benzene rings is 1. The Bertz CT molecular complexity index is 792. The molecule has 0 atom stereocenters. The number of aromatic nitrogens is 1. The van der Waals surface area contributed by atoms with E-state index in [2.05, 4.69) is 11.9 Å². The molecule has 0 saturated heterocycles. The summed E-state index contributed by atoms with van der Waals surface area (Å²) in [4.78, 5) is 17.3. The van der Waals surface area contributed by atoms with Crippen LogP contribution in [0.5, 0.6) is 0 Å². The van der Waals surface area contributed by atoms with Gasteiger partial charge in [0.25, 0.3) is 0 Å². The van der Waals surface area contributed by atoms with E-state index in [9.17, 15) is 9.18 Å². The molecule has 2 nitrogen and oxygen atoms in total. The molecule has 0 aliphatic heterocycles. The second-order valence-electron chi connectivity index (χ2n) is 4.90. The Labute approximate surface area is 126 Å². The van der Waals surface area contributed by atoms with Gasteiger partial charge in [-0.05, 0) is 41.6 Å². The van der Waals surface area contributed by atoms with E-state index in [0.717, 1.165) is 27.8 Å². The fourth-order valence-electron chi connectivity index (χ4n) is 2.16. The van der Waals surface area contributed by atoms with Gasteiger partial charge in [0.1, 0.15) is 5.82 Å². The van der Waals surface area contributed by atoms with Crippen LogP contribution in [-0.2, 0) is 12.8 Å². The van der Waals surface area contributed by atoms with Gasteiger partial charge in [-0.2, -0.15) is 0 Å². The number of nitrogens with zero attached hydrogens (tertiary/aromatic N) is 1. The highest BCUT2D eigenvalue weighted by molar-refractivity contribution is 7.20. The number of Topliss-reactive ketones (excluding diaryl/α,β-unsaturated/α-hetero) is 1. The second kappa shape index (κ2) is 5.74. The zero-order chi connectivity index (χ0) is 14.8. The zero-order valence-corrected chi connectivity index (χ0v) is 12.4. The van der Waals surface area contributed by atoms with Crippen molar-refractivity contribution in [3.8, 4) is 0 Å². The quantitative estimate of drug-likeness (QED) is 0.667. The standard InChI is InChI=1S/C17H14FNOS/c1-2-11-3-6-14(19-10-11)9-15(20)17-7-12-4-5-13(18)8-16(12)21-17/h3-8,10H,2,9H2,1H3. The maximum atomic E-state index is 13.2. The molecule has 2 heterocycles. The molecular weight excluding hydrogens is 285 g/mol. The highest BCUT2D eigenvalue weighted by Crippen LogP contribution is 2.27. The highest BCUT2D eigenvalue weighted by Gasteiger charge is 2.12. The van der Waals surface area contributed by atoms with Crippen LogP contribution >= 0.6 is 11.3 Å². The van der Waals surface area contributed by atoms with Crippen LogP contribution in [0.4, 0.5) is 4.39 Å². The topological polar surface area (TPSA) is 30.0 Å². The number of thiophene rings is 1. The first-order chi connectivity index (χ1) is 10.2. The smallest absolute Gasteiger partial charge is 0.178 e. The SMILES string of the molecule is CCc1ccc(CC(=O)c2cc3ccc(F)cc3s2)nc1. The fraction of sp³-hybridized carbons (Fsp3) is 0.176. The summed E-state index contributed by atoms with van der Waals surface area (Å²) in [6.45, 7) is 2.07. The molecule has 0 amide bonds. The number of ketones is 1. The lowest BCUT2D eigenvalue weighted by atomic mass is 10.1. The van der Waals surface area contributed by atoms with Crippen molar-refractivity contribution >= 4 is 27.2 Å². The number of carbonyl (C=O) groups is 1. The molecule has 4 heteroatoms. The van der Waals surface area contributed by atoms with Crippen molar-refractivity contribution in [2.45, 2.75) is 19.8 Å². The molecule has 0 bridgehead atoms. The Balaban J connectivity index is 1.82. The molecule has 106 valence electrons. The van der Waals surface area contributed by atoms with Crippen molar-refractivity contribution < 1.29 is 9.18 Å². The average molecular weight is 299 g/mol. The van der Waals surface area contributed by atoms with Gasteiger partial charge in [-0.25, -0.2) is 4.39 Å². The first-order valence-electron chi connectivity index (χ1n) is 6.82. The van der Waals surface area contributed by atoms with Gasteiger partial charge in [-0.3, -0.25) is 9.78 Å². The van der Waals surface area contributed by atoms with E-state index in [4.69, 9.17) is 0 Å². The predicted octanol–water partition coefficient (Wildman–Crippen LogP) is 4.42. The van der Waals surface area contributed by atoms with Gasteiger partial charge in [-0.15, -0.1) is 11.3 Å².